The van der Waals surface area contributed by atoms with Crippen LogP contribution in [0.25, 0.3) is 71.6 Å². The normalized spacial score (nSPS) is 13.1. The van der Waals surface area contributed by atoms with Gasteiger partial charge in [0, 0.05) is 5.56 Å². The zero-order chi connectivity index (χ0) is 32.4. The molecule has 0 amide bonds. The summed E-state index contributed by atoms with van der Waals surface area (Å²) in [5, 5.41) is 3.45. The minimum atomic E-state index is -0.407. The first-order chi connectivity index (χ1) is 22.8. The van der Waals surface area contributed by atoms with Crippen molar-refractivity contribution in [3.05, 3.63) is 157 Å². The van der Waals surface area contributed by atoms with E-state index in [4.69, 9.17) is 11.8 Å². The van der Waals surface area contributed by atoms with Gasteiger partial charge in [-0.2, -0.15) is 0 Å². The molecule has 0 aliphatic rings. The molecule has 0 radical (unpaired) electrons. The summed E-state index contributed by atoms with van der Waals surface area (Å²) in [5.41, 5.74) is 7.71. The molecular weight excluding hydrogens is 508 g/mol. The number of nitrogens with zero attached hydrogens (tertiary/aromatic N) is 2. The van der Waals surface area contributed by atoms with Crippen LogP contribution in [0.2, 0.25) is 0 Å². The first-order valence-electron chi connectivity index (χ1n) is 16.5. The summed E-state index contributed by atoms with van der Waals surface area (Å²) in [6.07, 6.45) is 0. The van der Waals surface area contributed by atoms with E-state index < -0.39 is 6.04 Å². The van der Waals surface area contributed by atoms with Crippen LogP contribution in [0.5, 0.6) is 0 Å². The van der Waals surface area contributed by atoms with Crippen molar-refractivity contribution in [3.8, 4) is 39.1 Å². The van der Waals surface area contributed by atoms with Gasteiger partial charge in [-0.05, 0) is 80.6 Å². The molecule has 42 heavy (non-hydrogen) atoms. The molecule has 8 aromatic rings. The molecule has 0 saturated heterocycles. The van der Waals surface area contributed by atoms with Crippen LogP contribution >= 0.6 is 0 Å². The molecule has 0 fully saturated rings. The molecule has 0 unspecified atom stereocenters. The number of benzene rings is 7. The van der Waals surface area contributed by atoms with Gasteiger partial charge in [-0.1, -0.05) is 127 Å². The Morgan fingerprint density at radius 2 is 1.21 bits per heavy atom. The highest BCUT2D eigenvalue weighted by Crippen LogP contribution is 2.46. The maximum atomic E-state index is 9.01. The standard InChI is InChI=1S/C40H28N2/c1-27-41-36-21-11-13-23-38(36)42(27)37-22-12-10-20-34(37)40-32-19-9-8-18-31(32)39(29-16-6-3-7-17-29)35-26-30(24-25-33(35)40)28-14-4-2-5-15-28/h2-26H,1H3/i3D,6D,7D,16D,17D. The van der Waals surface area contributed by atoms with Crippen molar-refractivity contribution in [1.82, 2.24) is 9.55 Å². The van der Waals surface area contributed by atoms with E-state index in [2.05, 4.69) is 59.2 Å². The lowest BCUT2D eigenvalue weighted by Crippen LogP contribution is -2.00. The van der Waals surface area contributed by atoms with Crippen LogP contribution in [0.3, 0.4) is 0 Å². The molecule has 0 spiro atoms. The molecule has 7 aromatic carbocycles. The highest BCUT2D eigenvalue weighted by molar-refractivity contribution is 6.22. The topological polar surface area (TPSA) is 17.8 Å². The predicted octanol–water partition coefficient (Wildman–Crippen LogP) is 10.6. The average molecular weight is 542 g/mol. The fourth-order valence-electron chi connectivity index (χ4n) is 6.25. The summed E-state index contributed by atoms with van der Waals surface area (Å²) in [6.45, 7) is 2.01. The minimum absolute atomic E-state index is 0.193. The van der Waals surface area contributed by atoms with Crippen molar-refractivity contribution in [2.75, 3.05) is 0 Å². The molecule has 0 atom stereocenters. The molecule has 0 N–H and O–H groups in total. The largest absolute Gasteiger partial charge is 0.296 e. The third-order valence-electron chi connectivity index (χ3n) is 8.02. The van der Waals surface area contributed by atoms with Gasteiger partial charge in [-0.3, -0.25) is 4.57 Å². The van der Waals surface area contributed by atoms with Crippen molar-refractivity contribution in [2.24, 2.45) is 0 Å². The summed E-state index contributed by atoms with van der Waals surface area (Å²) in [4.78, 5) is 4.86. The second-order valence-corrected chi connectivity index (χ2v) is 10.4. The highest BCUT2D eigenvalue weighted by atomic mass is 15.1. The van der Waals surface area contributed by atoms with Gasteiger partial charge in [0.15, 0.2) is 0 Å². The number of imidazole rings is 1. The monoisotopic (exact) mass is 541 g/mol. The van der Waals surface area contributed by atoms with Gasteiger partial charge in [0.2, 0.25) is 0 Å². The summed E-state index contributed by atoms with van der Waals surface area (Å²) < 4.78 is 45.5. The predicted molar refractivity (Wildman–Crippen MR) is 177 cm³/mol. The zero-order valence-corrected chi connectivity index (χ0v) is 22.9. The Hall–Kier alpha value is -5.47. The van der Waals surface area contributed by atoms with Crippen LogP contribution in [-0.4, -0.2) is 9.55 Å². The lowest BCUT2D eigenvalue weighted by molar-refractivity contribution is 1.00. The highest BCUT2D eigenvalue weighted by Gasteiger charge is 2.20. The van der Waals surface area contributed by atoms with Crippen LogP contribution in [0.4, 0.5) is 0 Å². The molecule has 0 saturated carbocycles. The Labute approximate surface area is 252 Å². The summed E-state index contributed by atoms with van der Waals surface area (Å²) in [7, 11) is 0. The van der Waals surface area contributed by atoms with E-state index in [1.807, 2.05) is 73.7 Å². The quantitative estimate of drug-likeness (QED) is 0.203. The van der Waals surface area contributed by atoms with Crippen LogP contribution in [0, 0.1) is 6.92 Å². The second kappa shape index (κ2) is 9.87. The summed E-state index contributed by atoms with van der Waals surface area (Å²) >= 11 is 0. The smallest absolute Gasteiger partial charge is 0.111 e. The lowest BCUT2D eigenvalue weighted by atomic mass is 9.84. The number of hydrogen-bond acceptors (Lipinski definition) is 1. The van der Waals surface area contributed by atoms with E-state index in [1.165, 1.54) is 0 Å². The maximum absolute atomic E-state index is 9.01. The Balaban J connectivity index is 1.56. The number of fused-ring (bicyclic) bond motifs is 3. The van der Waals surface area contributed by atoms with Gasteiger partial charge in [0.05, 0.1) is 23.6 Å². The van der Waals surface area contributed by atoms with E-state index >= 15 is 0 Å². The van der Waals surface area contributed by atoms with Gasteiger partial charge in [0.1, 0.15) is 5.82 Å². The number of aryl methyl sites for hydroxylation is 1. The van der Waals surface area contributed by atoms with E-state index in [0.29, 0.717) is 5.56 Å². The first kappa shape index (κ1) is 19.6. The Morgan fingerprint density at radius 1 is 0.548 bits per heavy atom. The van der Waals surface area contributed by atoms with Crippen molar-refractivity contribution < 1.29 is 6.85 Å². The molecule has 1 heterocycles. The molecule has 0 bridgehead atoms. The van der Waals surface area contributed by atoms with Gasteiger partial charge in [-0.15, -0.1) is 0 Å². The fraction of sp³-hybridized carbons (Fsp3) is 0.0250. The van der Waals surface area contributed by atoms with Crippen molar-refractivity contribution in [1.29, 1.82) is 0 Å². The van der Waals surface area contributed by atoms with E-state index in [0.717, 1.165) is 66.3 Å². The molecule has 1 aromatic heterocycles. The first-order valence-corrected chi connectivity index (χ1v) is 14.0. The molecule has 2 heteroatoms. The fourth-order valence-corrected chi connectivity index (χ4v) is 6.25. The molecule has 198 valence electrons. The van der Waals surface area contributed by atoms with Crippen molar-refractivity contribution in [3.63, 3.8) is 0 Å². The summed E-state index contributed by atoms with van der Waals surface area (Å²) in [5.74, 6) is 0.870. The van der Waals surface area contributed by atoms with Crippen LogP contribution in [0.1, 0.15) is 12.7 Å². The molecular formula is C40H28N2. The second-order valence-electron chi connectivity index (χ2n) is 10.4. The molecule has 8 rings (SSSR count). The summed E-state index contributed by atoms with van der Waals surface area (Å²) in [6, 6.07) is 39.2. The van der Waals surface area contributed by atoms with Gasteiger partial charge >= 0.3 is 0 Å². The van der Waals surface area contributed by atoms with E-state index in [9.17, 15) is 0 Å². The minimum Gasteiger partial charge on any atom is -0.296 e. The Morgan fingerprint density at radius 3 is 2.05 bits per heavy atom. The third kappa shape index (κ3) is 3.84. The van der Waals surface area contributed by atoms with Gasteiger partial charge in [-0.25, -0.2) is 4.98 Å². The Kier molecular flexibility index (Phi) is 4.60. The van der Waals surface area contributed by atoms with Gasteiger partial charge in [0.25, 0.3) is 0 Å². The SMILES string of the molecule is [2H]c1c([2H])c([2H])c(-c2c3ccccc3c(-c3ccccc3-n3c(C)nc4ccccc43)c3ccc(-c4ccccc4)cc23)c([2H])c1[2H]. The molecule has 0 aliphatic heterocycles. The number of para-hydroxylation sites is 3. The third-order valence-corrected chi connectivity index (χ3v) is 8.02. The van der Waals surface area contributed by atoms with Crippen molar-refractivity contribution in [2.45, 2.75) is 6.92 Å². The molecule has 2 nitrogen and oxygen atoms in total. The van der Waals surface area contributed by atoms with Gasteiger partial charge < -0.3 is 0 Å². The maximum Gasteiger partial charge on any atom is 0.111 e. The Bertz CT molecular complexity index is 2510. The number of aromatic nitrogens is 2. The van der Waals surface area contributed by atoms with Crippen molar-refractivity contribution >= 4 is 32.6 Å². The van der Waals surface area contributed by atoms with Crippen LogP contribution in [-0.2, 0) is 0 Å². The number of rotatable bonds is 4. The van der Waals surface area contributed by atoms with Crippen LogP contribution in [0.15, 0.2) is 152 Å². The lowest BCUT2D eigenvalue weighted by Gasteiger charge is -2.21. The van der Waals surface area contributed by atoms with E-state index in [-0.39, 0.29) is 29.7 Å². The molecule has 0 aliphatic carbocycles. The average Bonchev–Trinajstić information content (AvgIpc) is 3.45. The van der Waals surface area contributed by atoms with Crippen LogP contribution < -0.4 is 0 Å². The zero-order valence-electron chi connectivity index (χ0n) is 27.9. The number of hydrogen-bond donors (Lipinski definition) is 0. The van der Waals surface area contributed by atoms with E-state index in [1.54, 1.807) is 0 Å².